The predicted octanol–water partition coefficient (Wildman–Crippen LogP) is -1.17. The van der Waals surface area contributed by atoms with E-state index >= 15 is 0 Å². The number of nitrogens with one attached hydrogen (secondary N) is 2. The number of hydrogen-bond donors (Lipinski definition) is 2. The van der Waals surface area contributed by atoms with Gasteiger partial charge in [0.15, 0.2) is 0 Å². The first-order valence-corrected chi connectivity index (χ1v) is 6.82. The molecule has 1 fully saturated rings. The molecule has 1 rings (SSSR count). The minimum Gasteiger partial charge on any atom is -0.315 e. The van der Waals surface area contributed by atoms with E-state index in [1.165, 1.54) is 10.6 Å². The lowest BCUT2D eigenvalue weighted by atomic mass is 10.4. The Labute approximate surface area is 85.9 Å². The summed E-state index contributed by atoms with van der Waals surface area (Å²) < 4.78 is 24.2. The Hall–Kier alpha value is -0.170. The van der Waals surface area contributed by atoms with Crippen molar-refractivity contribution in [3.63, 3.8) is 0 Å². The van der Waals surface area contributed by atoms with E-state index in [4.69, 9.17) is 0 Å². The molecule has 1 heterocycles. The van der Waals surface area contributed by atoms with Crippen molar-refractivity contribution < 1.29 is 8.42 Å². The highest BCUT2D eigenvalue weighted by Gasteiger charge is 2.15. The van der Waals surface area contributed by atoms with Gasteiger partial charge in [-0.25, -0.2) is 12.7 Å². The van der Waals surface area contributed by atoms with Gasteiger partial charge in [-0.1, -0.05) is 0 Å². The highest BCUT2D eigenvalue weighted by Crippen LogP contribution is 1.98. The fourth-order valence-corrected chi connectivity index (χ4v) is 2.34. The normalized spacial score (nSPS) is 23.2. The highest BCUT2D eigenvalue weighted by atomic mass is 32.2. The summed E-state index contributed by atoms with van der Waals surface area (Å²) in [5, 5.41) is 6.43. The van der Waals surface area contributed by atoms with Gasteiger partial charge in [0.1, 0.15) is 0 Å². The van der Waals surface area contributed by atoms with Crippen LogP contribution in [0.5, 0.6) is 0 Å². The number of sulfonamides is 1. The van der Waals surface area contributed by atoms with E-state index in [2.05, 4.69) is 10.6 Å². The summed E-state index contributed by atoms with van der Waals surface area (Å²) in [6.07, 6.45) is 2.15. The molecule has 0 spiro atoms. The lowest BCUT2D eigenvalue weighted by molar-refractivity contribution is 0.387. The Kier molecular flexibility index (Phi) is 4.80. The summed E-state index contributed by atoms with van der Waals surface area (Å²) in [5.41, 5.74) is 0. The smallest absolute Gasteiger partial charge is 0.211 e. The molecule has 0 bridgehead atoms. The van der Waals surface area contributed by atoms with Crippen LogP contribution in [0.1, 0.15) is 6.42 Å². The Balaban J connectivity index is 2.47. The summed E-state index contributed by atoms with van der Waals surface area (Å²) in [6.45, 7) is 4.67. The van der Waals surface area contributed by atoms with E-state index in [1.54, 1.807) is 0 Å². The summed E-state index contributed by atoms with van der Waals surface area (Å²) in [5.74, 6) is 0. The van der Waals surface area contributed by atoms with Crippen molar-refractivity contribution in [2.45, 2.75) is 6.42 Å². The zero-order chi connectivity index (χ0) is 10.4. The number of nitrogens with zero attached hydrogens (tertiary/aromatic N) is 1. The third kappa shape index (κ3) is 4.36. The second kappa shape index (κ2) is 5.65. The van der Waals surface area contributed by atoms with Crippen LogP contribution in [-0.2, 0) is 10.0 Å². The van der Waals surface area contributed by atoms with Crippen molar-refractivity contribution >= 4 is 10.0 Å². The molecule has 1 aliphatic rings. The van der Waals surface area contributed by atoms with Gasteiger partial charge in [0.25, 0.3) is 0 Å². The molecule has 0 aliphatic carbocycles. The average Bonchev–Trinajstić information content (AvgIpc) is 2.12. The summed E-state index contributed by atoms with van der Waals surface area (Å²) in [6, 6.07) is 0. The Morgan fingerprint density at radius 3 is 2.29 bits per heavy atom. The van der Waals surface area contributed by atoms with Crippen LogP contribution in [0.4, 0.5) is 0 Å². The van der Waals surface area contributed by atoms with Gasteiger partial charge in [0, 0.05) is 32.7 Å². The van der Waals surface area contributed by atoms with E-state index in [0.29, 0.717) is 13.1 Å². The van der Waals surface area contributed by atoms with Crippen molar-refractivity contribution in [1.29, 1.82) is 0 Å². The van der Waals surface area contributed by atoms with Crippen LogP contribution in [0.15, 0.2) is 0 Å². The molecule has 0 amide bonds. The molecule has 0 aromatic heterocycles. The quantitative estimate of drug-likeness (QED) is 0.586. The molecule has 0 atom stereocenters. The third-order valence-electron chi connectivity index (χ3n) is 2.25. The second-order valence-corrected chi connectivity index (χ2v) is 5.50. The summed E-state index contributed by atoms with van der Waals surface area (Å²) in [4.78, 5) is 0. The van der Waals surface area contributed by atoms with Crippen molar-refractivity contribution in [3.05, 3.63) is 0 Å². The Morgan fingerprint density at radius 2 is 1.64 bits per heavy atom. The largest absolute Gasteiger partial charge is 0.315 e. The van der Waals surface area contributed by atoms with Crippen LogP contribution >= 0.6 is 0 Å². The van der Waals surface area contributed by atoms with Crippen molar-refractivity contribution in [1.82, 2.24) is 14.9 Å². The van der Waals surface area contributed by atoms with Gasteiger partial charge >= 0.3 is 0 Å². The molecule has 0 radical (unpaired) electrons. The van der Waals surface area contributed by atoms with Gasteiger partial charge in [-0.15, -0.1) is 0 Å². The van der Waals surface area contributed by atoms with Gasteiger partial charge < -0.3 is 10.6 Å². The molecule has 1 aliphatic heterocycles. The summed E-state index contributed by atoms with van der Waals surface area (Å²) in [7, 11) is -3.03. The second-order valence-electron chi connectivity index (χ2n) is 3.52. The van der Waals surface area contributed by atoms with Crippen LogP contribution in [0, 0.1) is 0 Å². The number of hydrogen-bond acceptors (Lipinski definition) is 4. The van der Waals surface area contributed by atoms with Crippen molar-refractivity contribution in [2.24, 2.45) is 0 Å². The van der Waals surface area contributed by atoms with Gasteiger partial charge in [0.05, 0.1) is 6.26 Å². The van der Waals surface area contributed by atoms with E-state index < -0.39 is 10.0 Å². The van der Waals surface area contributed by atoms with Crippen LogP contribution in [0.25, 0.3) is 0 Å². The van der Waals surface area contributed by atoms with Gasteiger partial charge in [-0.05, 0) is 13.0 Å². The molecule has 14 heavy (non-hydrogen) atoms. The SMILES string of the molecule is CS(=O)(=O)N1CCCNCCNCC1. The maximum atomic E-state index is 11.3. The zero-order valence-corrected chi connectivity index (χ0v) is 9.44. The minimum absolute atomic E-state index is 0.582. The zero-order valence-electron chi connectivity index (χ0n) is 8.62. The fourth-order valence-electron chi connectivity index (χ4n) is 1.45. The van der Waals surface area contributed by atoms with Gasteiger partial charge in [-0.3, -0.25) is 0 Å². The average molecular weight is 221 g/mol. The monoisotopic (exact) mass is 221 g/mol. The van der Waals surface area contributed by atoms with Crippen LogP contribution in [0.3, 0.4) is 0 Å². The van der Waals surface area contributed by atoms with E-state index in [0.717, 1.165) is 32.6 Å². The molecule has 0 unspecified atom stereocenters. The van der Waals surface area contributed by atoms with E-state index in [9.17, 15) is 8.42 Å². The molecular formula is C8H19N3O2S. The highest BCUT2D eigenvalue weighted by molar-refractivity contribution is 7.88. The molecule has 1 saturated heterocycles. The molecule has 0 aromatic carbocycles. The molecular weight excluding hydrogens is 202 g/mol. The molecule has 5 nitrogen and oxygen atoms in total. The molecule has 0 aromatic rings. The first-order chi connectivity index (χ1) is 6.61. The van der Waals surface area contributed by atoms with Crippen LogP contribution in [0.2, 0.25) is 0 Å². The fraction of sp³-hybridized carbons (Fsp3) is 1.00. The van der Waals surface area contributed by atoms with Gasteiger partial charge in [0.2, 0.25) is 10.0 Å². The Bertz CT molecular complexity index is 243. The van der Waals surface area contributed by atoms with E-state index in [1.807, 2.05) is 0 Å². The lowest BCUT2D eigenvalue weighted by Gasteiger charge is -2.21. The summed E-state index contributed by atoms with van der Waals surface area (Å²) >= 11 is 0. The third-order valence-corrected chi connectivity index (χ3v) is 3.55. The molecule has 84 valence electrons. The first-order valence-electron chi connectivity index (χ1n) is 4.97. The van der Waals surface area contributed by atoms with E-state index in [-0.39, 0.29) is 0 Å². The number of rotatable bonds is 1. The van der Waals surface area contributed by atoms with Crippen LogP contribution < -0.4 is 10.6 Å². The lowest BCUT2D eigenvalue weighted by Crippen LogP contribution is -2.41. The molecule has 2 N–H and O–H groups in total. The molecule has 6 heteroatoms. The van der Waals surface area contributed by atoms with Gasteiger partial charge in [-0.2, -0.15) is 0 Å². The first kappa shape index (κ1) is 11.9. The van der Waals surface area contributed by atoms with Crippen LogP contribution in [-0.4, -0.2) is 58.2 Å². The topological polar surface area (TPSA) is 61.4 Å². The predicted molar refractivity (Wildman–Crippen MR) is 56.8 cm³/mol. The van der Waals surface area contributed by atoms with Crippen molar-refractivity contribution in [2.75, 3.05) is 45.5 Å². The molecule has 0 saturated carbocycles. The maximum Gasteiger partial charge on any atom is 0.211 e. The minimum atomic E-state index is -3.03. The standard InChI is InChI=1S/C8H19N3O2S/c1-14(12,13)11-7-2-3-9-4-5-10-6-8-11/h9-10H,2-8H2,1H3. The maximum absolute atomic E-state index is 11.3. The van der Waals surface area contributed by atoms with Crippen molar-refractivity contribution in [3.8, 4) is 0 Å². The Morgan fingerprint density at radius 1 is 1.00 bits per heavy atom.